The number of hydrogen-bond acceptors (Lipinski definition) is 5. The summed E-state index contributed by atoms with van der Waals surface area (Å²) in [5.41, 5.74) is 3.77. The van der Waals surface area contributed by atoms with E-state index in [0.717, 1.165) is 44.5 Å². The van der Waals surface area contributed by atoms with E-state index >= 15 is 0 Å². The van der Waals surface area contributed by atoms with Crippen molar-refractivity contribution in [2.75, 3.05) is 32.1 Å². The van der Waals surface area contributed by atoms with Crippen LogP contribution in [-0.4, -0.2) is 61.3 Å². The number of carboxylic acids is 1. The van der Waals surface area contributed by atoms with Crippen LogP contribution in [0.4, 0.5) is 23.2 Å². The predicted octanol–water partition coefficient (Wildman–Crippen LogP) is 6.04. The van der Waals surface area contributed by atoms with E-state index in [0.29, 0.717) is 10.4 Å². The Morgan fingerprint density at radius 3 is 2.38 bits per heavy atom. The number of carboxylic acid groups (broad SMARTS) is 1. The molecule has 0 radical (unpaired) electrons. The number of amides is 1. The van der Waals surface area contributed by atoms with Gasteiger partial charge in [0.15, 0.2) is 0 Å². The zero-order valence-electron chi connectivity index (χ0n) is 21.7. The molecule has 210 valence electrons. The molecule has 1 aliphatic rings. The first-order chi connectivity index (χ1) is 18.4. The van der Waals surface area contributed by atoms with E-state index in [1.165, 1.54) is 28.7 Å². The van der Waals surface area contributed by atoms with Gasteiger partial charge in [-0.15, -0.1) is 11.3 Å². The summed E-state index contributed by atoms with van der Waals surface area (Å²) in [7, 11) is 4.09. The lowest BCUT2D eigenvalue weighted by Gasteiger charge is -2.25. The molecule has 11 heteroatoms. The molecular formula is C28H31F4N3O3S. The van der Waals surface area contributed by atoms with Gasteiger partial charge in [-0.1, -0.05) is 36.8 Å². The van der Waals surface area contributed by atoms with Crippen LogP contribution in [0.25, 0.3) is 11.1 Å². The van der Waals surface area contributed by atoms with Crippen LogP contribution >= 0.6 is 11.3 Å². The molecule has 39 heavy (non-hydrogen) atoms. The molecule has 1 aromatic heterocycles. The third kappa shape index (κ3) is 9.07. The molecule has 1 atom stereocenters. The fourth-order valence-electron chi connectivity index (χ4n) is 4.19. The van der Waals surface area contributed by atoms with Gasteiger partial charge in [-0.3, -0.25) is 9.69 Å². The SMILES string of the molecule is CN(C)c1ccc(CN2CCCCC(NC(=O)c3cc(-c4ccccc4F)cs3)C2)cc1.O=C(O)C(F)(F)F. The van der Waals surface area contributed by atoms with Crippen LogP contribution in [0.2, 0.25) is 0 Å². The Morgan fingerprint density at radius 1 is 1.10 bits per heavy atom. The molecule has 1 amide bonds. The van der Waals surface area contributed by atoms with Crippen molar-refractivity contribution in [3.05, 3.63) is 76.2 Å². The van der Waals surface area contributed by atoms with Gasteiger partial charge < -0.3 is 15.3 Å². The summed E-state index contributed by atoms with van der Waals surface area (Å²) in [5.74, 6) is -3.09. The first kappa shape index (κ1) is 30.1. The van der Waals surface area contributed by atoms with Crippen LogP contribution in [0.15, 0.2) is 60.0 Å². The normalized spacial score (nSPS) is 16.0. The number of rotatable bonds is 6. The molecule has 6 nitrogen and oxygen atoms in total. The molecule has 2 N–H and O–H groups in total. The van der Waals surface area contributed by atoms with Gasteiger partial charge in [0.1, 0.15) is 5.82 Å². The van der Waals surface area contributed by atoms with Gasteiger partial charge in [0.05, 0.1) is 4.88 Å². The van der Waals surface area contributed by atoms with Crippen LogP contribution in [0.5, 0.6) is 0 Å². The number of thiophene rings is 1. The quantitative estimate of drug-likeness (QED) is 0.357. The maximum absolute atomic E-state index is 14.1. The highest BCUT2D eigenvalue weighted by Gasteiger charge is 2.38. The topological polar surface area (TPSA) is 72.9 Å². The number of halogens is 4. The second-order valence-electron chi connectivity index (χ2n) is 9.44. The summed E-state index contributed by atoms with van der Waals surface area (Å²) in [6, 6.07) is 17.2. The van der Waals surface area contributed by atoms with E-state index in [9.17, 15) is 22.4 Å². The van der Waals surface area contributed by atoms with Crippen molar-refractivity contribution in [2.45, 2.75) is 38.0 Å². The van der Waals surface area contributed by atoms with E-state index in [1.807, 2.05) is 25.5 Å². The lowest BCUT2D eigenvalue weighted by molar-refractivity contribution is -0.192. The minimum atomic E-state index is -5.08. The number of carbonyl (C=O) groups is 2. The van der Waals surface area contributed by atoms with Crippen LogP contribution in [0, 0.1) is 5.82 Å². The van der Waals surface area contributed by atoms with Gasteiger partial charge in [0.2, 0.25) is 0 Å². The van der Waals surface area contributed by atoms with E-state index < -0.39 is 12.1 Å². The summed E-state index contributed by atoms with van der Waals surface area (Å²) in [6.45, 7) is 2.77. The third-order valence-electron chi connectivity index (χ3n) is 6.20. The number of carbonyl (C=O) groups excluding carboxylic acids is 1. The van der Waals surface area contributed by atoms with E-state index in [-0.39, 0.29) is 17.8 Å². The molecule has 2 aromatic carbocycles. The number of nitrogens with zero attached hydrogens (tertiary/aromatic N) is 2. The molecule has 1 fully saturated rings. The molecule has 2 heterocycles. The molecule has 1 aliphatic heterocycles. The lowest BCUT2D eigenvalue weighted by Crippen LogP contribution is -2.42. The van der Waals surface area contributed by atoms with Crippen LogP contribution in [-0.2, 0) is 11.3 Å². The molecule has 1 unspecified atom stereocenters. The van der Waals surface area contributed by atoms with Crippen molar-refractivity contribution < 1.29 is 32.3 Å². The van der Waals surface area contributed by atoms with Gasteiger partial charge in [-0.2, -0.15) is 13.2 Å². The number of benzene rings is 2. The molecular weight excluding hydrogens is 534 g/mol. The smallest absolute Gasteiger partial charge is 0.475 e. The van der Waals surface area contributed by atoms with Crippen LogP contribution in [0.3, 0.4) is 0 Å². The summed E-state index contributed by atoms with van der Waals surface area (Å²) in [6.07, 6.45) is -1.86. The number of alkyl halides is 3. The zero-order chi connectivity index (χ0) is 28.6. The van der Waals surface area contributed by atoms with E-state index in [2.05, 4.69) is 39.4 Å². The summed E-state index contributed by atoms with van der Waals surface area (Å²) >= 11 is 1.37. The fourth-order valence-corrected chi connectivity index (χ4v) is 5.00. The summed E-state index contributed by atoms with van der Waals surface area (Å²) in [4.78, 5) is 27.0. The van der Waals surface area contributed by atoms with Crippen molar-refractivity contribution >= 4 is 28.9 Å². The minimum absolute atomic E-state index is 0.0697. The second kappa shape index (κ2) is 13.6. The second-order valence-corrected chi connectivity index (χ2v) is 10.4. The molecule has 0 aliphatic carbocycles. The first-order valence-electron chi connectivity index (χ1n) is 12.4. The Hall–Kier alpha value is -3.44. The standard InChI is InChI=1S/C26H30FN3OS.C2HF3O2/c1-29(2)22-12-10-19(11-13-22)16-30-14-6-5-7-21(17-30)28-26(31)25-15-20(18-32-25)23-8-3-4-9-24(23)27;3-2(4,5)1(6)7/h3-4,8-13,15,18,21H,5-7,14,16-17H2,1-2H3,(H,28,31);(H,6,7). The van der Waals surface area contributed by atoms with Gasteiger partial charge in [0.25, 0.3) is 5.91 Å². The Labute approximate surface area is 228 Å². The van der Waals surface area contributed by atoms with Crippen molar-refractivity contribution in [3.63, 3.8) is 0 Å². The Kier molecular flexibility index (Phi) is 10.5. The maximum atomic E-state index is 14.1. The molecule has 3 aromatic rings. The van der Waals surface area contributed by atoms with Gasteiger partial charge in [-0.25, -0.2) is 9.18 Å². The summed E-state index contributed by atoms with van der Waals surface area (Å²) < 4.78 is 45.8. The highest BCUT2D eigenvalue weighted by atomic mass is 32.1. The maximum Gasteiger partial charge on any atom is 0.490 e. The van der Waals surface area contributed by atoms with Crippen molar-refractivity contribution in [1.82, 2.24) is 10.2 Å². The number of hydrogen-bond donors (Lipinski definition) is 2. The predicted molar refractivity (Wildman–Crippen MR) is 145 cm³/mol. The first-order valence-corrected chi connectivity index (χ1v) is 13.2. The Morgan fingerprint density at radius 2 is 1.77 bits per heavy atom. The summed E-state index contributed by atoms with van der Waals surface area (Å²) in [5, 5.41) is 12.2. The molecule has 4 rings (SSSR count). The lowest BCUT2D eigenvalue weighted by atomic mass is 10.1. The van der Waals surface area contributed by atoms with Crippen molar-refractivity contribution in [2.24, 2.45) is 0 Å². The van der Waals surface area contributed by atoms with Crippen molar-refractivity contribution in [3.8, 4) is 11.1 Å². The zero-order valence-corrected chi connectivity index (χ0v) is 22.5. The van der Waals surface area contributed by atoms with Crippen LogP contribution < -0.4 is 10.2 Å². The molecule has 1 saturated heterocycles. The molecule has 0 bridgehead atoms. The van der Waals surface area contributed by atoms with Gasteiger partial charge >= 0.3 is 12.1 Å². The highest BCUT2D eigenvalue weighted by molar-refractivity contribution is 7.12. The van der Waals surface area contributed by atoms with E-state index in [1.54, 1.807) is 18.2 Å². The van der Waals surface area contributed by atoms with Gasteiger partial charge in [0, 0.05) is 44.5 Å². The average Bonchev–Trinajstić information content (AvgIpc) is 3.27. The molecule has 0 saturated carbocycles. The fraction of sp³-hybridized carbons (Fsp3) is 0.357. The van der Waals surface area contributed by atoms with Gasteiger partial charge in [-0.05, 0) is 60.2 Å². The number of anilines is 1. The Bertz CT molecular complexity index is 1250. The van der Waals surface area contributed by atoms with E-state index in [4.69, 9.17) is 9.90 Å². The highest BCUT2D eigenvalue weighted by Crippen LogP contribution is 2.28. The average molecular weight is 566 g/mol. The Balaban J connectivity index is 0.000000532. The van der Waals surface area contributed by atoms with Crippen molar-refractivity contribution in [1.29, 1.82) is 0 Å². The number of aliphatic carboxylic acids is 1. The number of likely N-dealkylation sites (tertiary alicyclic amines) is 1. The largest absolute Gasteiger partial charge is 0.490 e. The number of nitrogens with one attached hydrogen (secondary N) is 1. The van der Waals surface area contributed by atoms with Crippen LogP contribution in [0.1, 0.15) is 34.5 Å². The monoisotopic (exact) mass is 565 g/mol. The third-order valence-corrected chi connectivity index (χ3v) is 7.13. The minimum Gasteiger partial charge on any atom is -0.475 e. The molecule has 0 spiro atoms.